The summed E-state index contributed by atoms with van der Waals surface area (Å²) in [6.45, 7) is 7.55. The molecule has 156 valence electrons. The van der Waals surface area contributed by atoms with Gasteiger partial charge in [-0.05, 0) is 31.4 Å². The molecule has 1 aromatic carbocycles. The van der Waals surface area contributed by atoms with Crippen LogP contribution in [0.1, 0.15) is 49.5 Å². The molecule has 1 N–H and O–H groups in total. The number of hydrogen-bond donors (Lipinski definition) is 1. The molecule has 1 aromatic rings. The quantitative estimate of drug-likeness (QED) is 0.579. The van der Waals surface area contributed by atoms with Gasteiger partial charge in [-0.1, -0.05) is 32.0 Å². The summed E-state index contributed by atoms with van der Waals surface area (Å²) >= 11 is 0. The van der Waals surface area contributed by atoms with Crippen molar-refractivity contribution < 1.29 is 28.6 Å². The monoisotopic (exact) mass is 401 g/mol. The zero-order chi connectivity index (χ0) is 21.7. The van der Waals surface area contributed by atoms with E-state index in [1.54, 1.807) is 38.1 Å². The van der Waals surface area contributed by atoms with Gasteiger partial charge in [-0.15, -0.1) is 0 Å². The molecule has 0 spiro atoms. The topological polar surface area (TPSA) is 90.9 Å². The van der Waals surface area contributed by atoms with Crippen LogP contribution in [-0.2, 0) is 23.8 Å². The number of carbonyl (C=O) groups excluding carboxylic acids is 3. The zero-order valence-electron chi connectivity index (χ0n) is 17.6. The second-order valence-corrected chi connectivity index (χ2v) is 7.20. The van der Waals surface area contributed by atoms with E-state index in [0.717, 1.165) is 0 Å². The standard InChI is InChI=1S/C22H27NO6/c1-12(2)11-29-22(26)18-14(4)23-13(3)17(21(25)28-6)19(18)15-9-7-8-10-16(15)20(24)27-5/h7-10,12,19,23H,11H2,1-6H3. The highest BCUT2D eigenvalue weighted by Gasteiger charge is 2.39. The van der Waals surface area contributed by atoms with Crippen LogP contribution in [0.15, 0.2) is 46.8 Å². The molecule has 0 radical (unpaired) electrons. The van der Waals surface area contributed by atoms with E-state index in [-0.39, 0.29) is 29.2 Å². The van der Waals surface area contributed by atoms with E-state index in [1.165, 1.54) is 14.2 Å². The Labute approximate surface area is 170 Å². The van der Waals surface area contributed by atoms with Crippen molar-refractivity contribution >= 4 is 17.9 Å². The van der Waals surface area contributed by atoms with E-state index in [4.69, 9.17) is 14.2 Å². The molecule has 1 aliphatic heterocycles. The van der Waals surface area contributed by atoms with Crippen molar-refractivity contribution in [1.82, 2.24) is 5.32 Å². The van der Waals surface area contributed by atoms with Crippen LogP contribution in [0.25, 0.3) is 0 Å². The lowest BCUT2D eigenvalue weighted by Gasteiger charge is -2.31. The minimum Gasteiger partial charge on any atom is -0.466 e. The van der Waals surface area contributed by atoms with E-state index in [2.05, 4.69) is 5.32 Å². The fraction of sp³-hybridized carbons (Fsp3) is 0.409. The van der Waals surface area contributed by atoms with Crippen LogP contribution in [0.2, 0.25) is 0 Å². The van der Waals surface area contributed by atoms with E-state index in [0.29, 0.717) is 17.0 Å². The summed E-state index contributed by atoms with van der Waals surface area (Å²) in [5, 5.41) is 3.07. The molecular formula is C22H27NO6. The van der Waals surface area contributed by atoms with E-state index in [1.807, 2.05) is 13.8 Å². The smallest absolute Gasteiger partial charge is 0.338 e. The molecule has 0 aromatic heterocycles. The van der Waals surface area contributed by atoms with Crippen LogP contribution >= 0.6 is 0 Å². The fourth-order valence-electron chi connectivity index (χ4n) is 3.32. The maximum atomic E-state index is 13.0. The molecule has 1 heterocycles. The van der Waals surface area contributed by atoms with Crippen molar-refractivity contribution in [3.05, 3.63) is 57.9 Å². The Kier molecular flexibility index (Phi) is 7.20. The predicted molar refractivity (Wildman–Crippen MR) is 107 cm³/mol. The van der Waals surface area contributed by atoms with Crippen molar-refractivity contribution in [2.75, 3.05) is 20.8 Å². The van der Waals surface area contributed by atoms with Gasteiger partial charge in [-0.2, -0.15) is 0 Å². The molecule has 0 saturated heterocycles. The zero-order valence-corrected chi connectivity index (χ0v) is 17.6. The van der Waals surface area contributed by atoms with Gasteiger partial charge in [0.2, 0.25) is 0 Å². The minimum atomic E-state index is -0.835. The number of allylic oxidation sites excluding steroid dienone is 2. The van der Waals surface area contributed by atoms with Crippen molar-refractivity contribution in [1.29, 1.82) is 0 Å². The van der Waals surface area contributed by atoms with Crippen LogP contribution in [-0.4, -0.2) is 38.7 Å². The van der Waals surface area contributed by atoms with Gasteiger partial charge < -0.3 is 19.5 Å². The minimum absolute atomic E-state index is 0.148. The number of hydrogen-bond acceptors (Lipinski definition) is 7. The Balaban J connectivity index is 2.70. The number of nitrogens with one attached hydrogen (secondary N) is 1. The van der Waals surface area contributed by atoms with Gasteiger partial charge >= 0.3 is 17.9 Å². The predicted octanol–water partition coefficient (Wildman–Crippen LogP) is 3.08. The SMILES string of the molecule is COC(=O)C1=C(C)NC(C)=C(C(=O)OCC(C)C)C1c1ccccc1C(=O)OC. The average molecular weight is 401 g/mol. The molecule has 1 atom stereocenters. The molecule has 2 rings (SSSR count). The highest BCUT2D eigenvalue weighted by Crippen LogP contribution is 2.40. The lowest BCUT2D eigenvalue weighted by molar-refractivity contribution is -0.140. The highest BCUT2D eigenvalue weighted by atomic mass is 16.5. The van der Waals surface area contributed by atoms with Crippen LogP contribution < -0.4 is 5.32 Å². The second kappa shape index (κ2) is 9.41. The van der Waals surface area contributed by atoms with Crippen molar-refractivity contribution in [3.8, 4) is 0 Å². The molecule has 7 nitrogen and oxygen atoms in total. The lowest BCUT2D eigenvalue weighted by Crippen LogP contribution is -2.33. The van der Waals surface area contributed by atoms with Gasteiger partial charge in [0, 0.05) is 11.4 Å². The Morgan fingerprint density at radius 3 is 2.03 bits per heavy atom. The molecule has 0 aliphatic carbocycles. The molecule has 0 bridgehead atoms. The summed E-state index contributed by atoms with van der Waals surface area (Å²) in [6, 6.07) is 6.72. The number of benzene rings is 1. The van der Waals surface area contributed by atoms with Crippen LogP contribution in [0.4, 0.5) is 0 Å². The van der Waals surface area contributed by atoms with Crippen molar-refractivity contribution in [2.45, 2.75) is 33.6 Å². The van der Waals surface area contributed by atoms with Crippen LogP contribution in [0.5, 0.6) is 0 Å². The molecule has 7 heteroatoms. The largest absolute Gasteiger partial charge is 0.466 e. The number of carbonyl (C=O) groups is 3. The Hall–Kier alpha value is -3.09. The van der Waals surface area contributed by atoms with E-state index >= 15 is 0 Å². The van der Waals surface area contributed by atoms with Crippen LogP contribution in [0, 0.1) is 5.92 Å². The van der Waals surface area contributed by atoms with E-state index < -0.39 is 23.8 Å². The van der Waals surface area contributed by atoms with Gasteiger partial charge in [0.05, 0.1) is 43.5 Å². The normalized spacial score (nSPS) is 16.4. The first kappa shape index (κ1) is 22.2. The van der Waals surface area contributed by atoms with Gasteiger partial charge in [-0.25, -0.2) is 14.4 Å². The summed E-state index contributed by atoms with van der Waals surface area (Å²) in [6.07, 6.45) is 0. The third-order valence-corrected chi connectivity index (χ3v) is 4.61. The molecule has 29 heavy (non-hydrogen) atoms. The van der Waals surface area contributed by atoms with Crippen molar-refractivity contribution in [3.63, 3.8) is 0 Å². The third kappa shape index (κ3) is 4.67. The molecule has 1 unspecified atom stereocenters. The number of rotatable bonds is 6. The molecule has 0 saturated carbocycles. The lowest BCUT2D eigenvalue weighted by atomic mass is 9.78. The molecular weight excluding hydrogens is 374 g/mol. The Bertz CT molecular complexity index is 881. The summed E-state index contributed by atoms with van der Waals surface area (Å²) in [4.78, 5) is 38.0. The highest BCUT2D eigenvalue weighted by molar-refractivity contribution is 6.01. The number of dihydropyridines is 1. The second-order valence-electron chi connectivity index (χ2n) is 7.20. The summed E-state index contributed by atoms with van der Waals surface area (Å²) < 4.78 is 15.3. The number of esters is 3. The summed E-state index contributed by atoms with van der Waals surface area (Å²) in [5.41, 5.74) is 2.32. The first-order valence-corrected chi connectivity index (χ1v) is 9.34. The molecule has 0 fully saturated rings. The number of ether oxygens (including phenoxy) is 3. The maximum absolute atomic E-state index is 13.0. The van der Waals surface area contributed by atoms with Gasteiger partial charge in [-0.3, -0.25) is 0 Å². The molecule has 0 amide bonds. The first-order chi connectivity index (χ1) is 13.7. The first-order valence-electron chi connectivity index (χ1n) is 9.34. The maximum Gasteiger partial charge on any atom is 0.338 e. The Morgan fingerprint density at radius 2 is 1.48 bits per heavy atom. The van der Waals surface area contributed by atoms with Crippen molar-refractivity contribution in [2.24, 2.45) is 5.92 Å². The van der Waals surface area contributed by atoms with Gasteiger partial charge in [0.25, 0.3) is 0 Å². The van der Waals surface area contributed by atoms with Gasteiger partial charge in [0.1, 0.15) is 0 Å². The van der Waals surface area contributed by atoms with Crippen LogP contribution in [0.3, 0.4) is 0 Å². The summed E-state index contributed by atoms with van der Waals surface area (Å²) in [7, 11) is 2.55. The summed E-state index contributed by atoms with van der Waals surface area (Å²) in [5.74, 6) is -2.40. The fourth-order valence-corrected chi connectivity index (χ4v) is 3.32. The van der Waals surface area contributed by atoms with E-state index in [9.17, 15) is 14.4 Å². The van der Waals surface area contributed by atoms with Gasteiger partial charge in [0.15, 0.2) is 0 Å². The third-order valence-electron chi connectivity index (χ3n) is 4.61. The average Bonchev–Trinajstić information content (AvgIpc) is 2.70. The molecule has 1 aliphatic rings. The number of methoxy groups -OCH3 is 2. The Morgan fingerprint density at radius 1 is 0.931 bits per heavy atom.